The zero-order valence-corrected chi connectivity index (χ0v) is 17.4. The number of hydrogen-bond donors (Lipinski definition) is 0. The first kappa shape index (κ1) is 18.9. The van der Waals surface area contributed by atoms with Crippen LogP contribution in [0.4, 0.5) is 0 Å². The average Bonchev–Trinajstić information content (AvgIpc) is 3.44. The number of benzene rings is 2. The highest BCUT2D eigenvalue weighted by atomic mass is 16.5. The third-order valence-electron chi connectivity index (χ3n) is 6.07. The topological polar surface area (TPSA) is 82.8 Å². The Morgan fingerprint density at radius 2 is 1.88 bits per heavy atom. The van der Waals surface area contributed by atoms with Crippen molar-refractivity contribution in [1.82, 2.24) is 25.2 Å². The standard InChI is InChI=1S/C25H21N5O2/c31-25(32-15-22-27-28-29-30(22)18-11-12-18)23-19-8-4-5-9-21(19)26-24-17(10-13-20(23)24)14-16-6-2-1-3-7-16/h1-9,14,18H,10-13,15H2/b17-14-. The molecule has 0 unspecified atom stereocenters. The van der Waals surface area contributed by atoms with Gasteiger partial charge in [0.05, 0.1) is 22.8 Å². The predicted molar refractivity (Wildman–Crippen MR) is 120 cm³/mol. The number of allylic oxidation sites excluding steroid dienone is 1. The summed E-state index contributed by atoms with van der Waals surface area (Å²) in [7, 11) is 0. The second-order valence-electron chi connectivity index (χ2n) is 8.26. The molecular weight excluding hydrogens is 402 g/mol. The van der Waals surface area contributed by atoms with Crippen molar-refractivity contribution in [1.29, 1.82) is 0 Å². The van der Waals surface area contributed by atoms with E-state index < -0.39 is 0 Å². The van der Waals surface area contributed by atoms with Crippen molar-refractivity contribution in [3.63, 3.8) is 0 Å². The Morgan fingerprint density at radius 1 is 1.06 bits per heavy atom. The van der Waals surface area contributed by atoms with E-state index in [4.69, 9.17) is 9.72 Å². The minimum atomic E-state index is -0.355. The second kappa shape index (κ2) is 7.67. The summed E-state index contributed by atoms with van der Waals surface area (Å²) >= 11 is 0. The van der Waals surface area contributed by atoms with Gasteiger partial charge in [-0.2, -0.15) is 0 Å². The molecule has 0 radical (unpaired) electrons. The molecule has 158 valence electrons. The van der Waals surface area contributed by atoms with E-state index >= 15 is 0 Å². The molecule has 0 amide bonds. The molecular formula is C25H21N5O2. The van der Waals surface area contributed by atoms with Gasteiger partial charge in [-0.05, 0) is 65.0 Å². The normalized spacial score (nSPS) is 16.4. The van der Waals surface area contributed by atoms with Crippen LogP contribution in [0.2, 0.25) is 0 Å². The molecule has 0 bridgehead atoms. The lowest BCUT2D eigenvalue weighted by atomic mass is 10.0. The van der Waals surface area contributed by atoms with Crippen LogP contribution in [0.1, 0.15) is 58.3 Å². The number of para-hydroxylation sites is 1. The van der Waals surface area contributed by atoms with Crippen LogP contribution in [0.3, 0.4) is 0 Å². The molecule has 0 atom stereocenters. The molecule has 0 aliphatic heterocycles. The Morgan fingerprint density at radius 3 is 2.72 bits per heavy atom. The highest BCUT2D eigenvalue weighted by Crippen LogP contribution is 2.38. The van der Waals surface area contributed by atoms with Crippen LogP contribution >= 0.6 is 0 Å². The molecule has 1 fully saturated rings. The van der Waals surface area contributed by atoms with Gasteiger partial charge in [0.1, 0.15) is 0 Å². The first-order valence-electron chi connectivity index (χ1n) is 10.9. The van der Waals surface area contributed by atoms with Gasteiger partial charge in [-0.1, -0.05) is 48.5 Å². The van der Waals surface area contributed by atoms with Crippen molar-refractivity contribution in [3.8, 4) is 0 Å². The molecule has 0 N–H and O–H groups in total. The smallest absolute Gasteiger partial charge is 0.339 e. The SMILES string of the molecule is O=C(OCc1nnnn1C1CC1)c1c2c(nc3ccccc13)/C(=C\c1ccccc1)CC2. The summed E-state index contributed by atoms with van der Waals surface area (Å²) in [6, 6.07) is 18.3. The van der Waals surface area contributed by atoms with Crippen LogP contribution in [0.25, 0.3) is 22.6 Å². The summed E-state index contributed by atoms with van der Waals surface area (Å²) in [5, 5.41) is 12.6. The maximum Gasteiger partial charge on any atom is 0.339 e. The lowest BCUT2D eigenvalue weighted by Gasteiger charge is -2.12. The van der Waals surface area contributed by atoms with E-state index in [0.29, 0.717) is 17.4 Å². The largest absolute Gasteiger partial charge is 0.454 e. The molecule has 0 saturated heterocycles. The third-order valence-corrected chi connectivity index (χ3v) is 6.07. The summed E-state index contributed by atoms with van der Waals surface area (Å²) < 4.78 is 7.50. The monoisotopic (exact) mass is 423 g/mol. The van der Waals surface area contributed by atoms with Gasteiger partial charge in [0, 0.05) is 5.39 Å². The number of carbonyl (C=O) groups is 1. The number of aromatic nitrogens is 5. The van der Waals surface area contributed by atoms with E-state index in [1.165, 1.54) is 0 Å². The Kier molecular flexibility index (Phi) is 4.52. The third kappa shape index (κ3) is 3.36. The lowest BCUT2D eigenvalue weighted by Crippen LogP contribution is -2.13. The molecule has 2 aliphatic carbocycles. The fourth-order valence-corrected chi connectivity index (χ4v) is 4.37. The van der Waals surface area contributed by atoms with Gasteiger partial charge in [0.2, 0.25) is 0 Å². The molecule has 2 heterocycles. The zero-order valence-electron chi connectivity index (χ0n) is 17.4. The molecule has 2 aromatic carbocycles. The van der Waals surface area contributed by atoms with Gasteiger partial charge in [-0.3, -0.25) is 0 Å². The first-order chi connectivity index (χ1) is 15.8. The molecule has 7 nitrogen and oxygen atoms in total. The van der Waals surface area contributed by atoms with Crippen molar-refractivity contribution in [2.45, 2.75) is 38.3 Å². The predicted octanol–water partition coefficient (Wildman–Crippen LogP) is 4.40. The van der Waals surface area contributed by atoms with E-state index in [9.17, 15) is 4.79 Å². The average molecular weight is 423 g/mol. The van der Waals surface area contributed by atoms with Crippen molar-refractivity contribution in [2.24, 2.45) is 0 Å². The summed E-state index contributed by atoms with van der Waals surface area (Å²) in [6.07, 6.45) is 5.88. The summed E-state index contributed by atoms with van der Waals surface area (Å²) in [5.41, 5.74) is 5.51. The zero-order chi connectivity index (χ0) is 21.5. The Balaban J connectivity index is 1.38. The molecule has 2 aliphatic rings. The van der Waals surface area contributed by atoms with Crippen molar-refractivity contribution >= 4 is 28.5 Å². The Bertz CT molecular complexity index is 1360. The second-order valence-corrected chi connectivity index (χ2v) is 8.26. The van der Waals surface area contributed by atoms with Crippen LogP contribution in [0, 0.1) is 0 Å². The van der Waals surface area contributed by atoms with Crippen LogP contribution in [0.15, 0.2) is 54.6 Å². The van der Waals surface area contributed by atoms with Gasteiger partial charge >= 0.3 is 5.97 Å². The highest BCUT2D eigenvalue weighted by molar-refractivity contribution is 6.07. The number of carbonyl (C=O) groups excluding carboxylic acids is 1. The van der Waals surface area contributed by atoms with Crippen molar-refractivity contribution < 1.29 is 9.53 Å². The first-order valence-corrected chi connectivity index (χ1v) is 10.9. The van der Waals surface area contributed by atoms with E-state index in [0.717, 1.165) is 59.0 Å². The molecule has 0 spiro atoms. The number of fused-ring (bicyclic) bond motifs is 2. The van der Waals surface area contributed by atoms with Crippen LogP contribution in [-0.2, 0) is 17.8 Å². The quantitative estimate of drug-likeness (QED) is 0.443. The molecule has 4 aromatic rings. The van der Waals surface area contributed by atoms with Gasteiger partial charge in [0.25, 0.3) is 0 Å². The van der Waals surface area contributed by atoms with Crippen molar-refractivity contribution in [2.75, 3.05) is 0 Å². The van der Waals surface area contributed by atoms with Gasteiger partial charge in [0.15, 0.2) is 12.4 Å². The minimum Gasteiger partial charge on any atom is -0.454 e. The number of hydrogen-bond acceptors (Lipinski definition) is 6. The Hall–Kier alpha value is -3.87. The van der Waals surface area contributed by atoms with E-state index in [1.807, 2.05) is 42.5 Å². The fourth-order valence-electron chi connectivity index (χ4n) is 4.37. The maximum atomic E-state index is 13.3. The lowest BCUT2D eigenvalue weighted by molar-refractivity contribution is 0.0457. The maximum absolute atomic E-state index is 13.3. The number of ether oxygens (including phenoxy) is 1. The van der Waals surface area contributed by atoms with E-state index in [-0.39, 0.29) is 12.6 Å². The Labute approximate surface area is 184 Å². The number of esters is 1. The van der Waals surface area contributed by atoms with Gasteiger partial charge < -0.3 is 4.74 Å². The summed E-state index contributed by atoms with van der Waals surface area (Å²) in [6.45, 7) is 0.0560. The molecule has 7 heteroatoms. The van der Waals surface area contributed by atoms with Crippen molar-refractivity contribution in [3.05, 3.63) is 82.8 Å². The molecule has 6 rings (SSSR count). The van der Waals surface area contributed by atoms with Crippen LogP contribution in [-0.4, -0.2) is 31.2 Å². The summed E-state index contributed by atoms with van der Waals surface area (Å²) in [5.74, 6) is 0.228. The molecule has 32 heavy (non-hydrogen) atoms. The molecule has 1 saturated carbocycles. The fraction of sp³-hybridized carbons (Fsp3) is 0.240. The summed E-state index contributed by atoms with van der Waals surface area (Å²) in [4.78, 5) is 18.2. The number of rotatable bonds is 5. The van der Waals surface area contributed by atoms with Crippen LogP contribution in [0.5, 0.6) is 0 Å². The molecule has 2 aromatic heterocycles. The highest BCUT2D eigenvalue weighted by Gasteiger charge is 2.30. The van der Waals surface area contributed by atoms with Gasteiger partial charge in [-0.15, -0.1) is 5.10 Å². The van der Waals surface area contributed by atoms with E-state index in [1.54, 1.807) is 4.68 Å². The number of pyridine rings is 1. The minimum absolute atomic E-state index is 0.0560. The number of nitrogens with zero attached hydrogens (tertiary/aromatic N) is 5. The van der Waals surface area contributed by atoms with Crippen LogP contribution < -0.4 is 0 Å². The van der Waals surface area contributed by atoms with E-state index in [2.05, 4.69) is 33.7 Å². The number of tetrazole rings is 1. The van der Waals surface area contributed by atoms with Gasteiger partial charge in [-0.25, -0.2) is 14.5 Å².